The second-order valence-corrected chi connectivity index (χ2v) is 12.4. The third-order valence-electron chi connectivity index (χ3n) is 6.89. The number of aliphatic hydroxyl groups is 1. The largest absolute Gasteiger partial charge is 0.392 e. The van der Waals surface area contributed by atoms with E-state index in [1.54, 1.807) is 48.3 Å². The molecule has 1 saturated heterocycles. The van der Waals surface area contributed by atoms with E-state index in [4.69, 9.17) is 9.47 Å². The highest BCUT2D eigenvalue weighted by atomic mass is 32.2. The van der Waals surface area contributed by atoms with Gasteiger partial charge >= 0.3 is 0 Å². The van der Waals surface area contributed by atoms with E-state index in [2.05, 4.69) is 25.2 Å². The minimum Gasteiger partial charge on any atom is -0.392 e. The average molecular weight is 605 g/mol. The molecule has 6 rings (SSSR count). The third-order valence-corrected chi connectivity index (χ3v) is 9.45. The Labute approximate surface area is 246 Å². The lowest BCUT2D eigenvalue weighted by Crippen LogP contribution is -2.31. The van der Waals surface area contributed by atoms with Crippen LogP contribution in [0.1, 0.15) is 35.5 Å². The molecule has 216 valence electrons. The van der Waals surface area contributed by atoms with Crippen molar-refractivity contribution in [3.63, 3.8) is 0 Å². The normalized spacial score (nSPS) is 19.1. The molecular weight excluding hydrogens is 576 g/mol. The first-order valence-corrected chi connectivity index (χ1v) is 15.7. The third kappa shape index (κ3) is 6.15. The summed E-state index contributed by atoms with van der Waals surface area (Å²) in [6, 6.07) is 23.3. The SMILES string of the molecule is Cn1nnnc1SC[C@@H]1C[C@H](c2ccc(CO)cc2)OC(c2cccc(NS(=O)(=O)c3cccc4cccnc34)c2)O1. The molecule has 1 aliphatic rings. The molecule has 0 aliphatic carbocycles. The van der Waals surface area contributed by atoms with Crippen molar-refractivity contribution in [2.24, 2.45) is 7.05 Å². The van der Waals surface area contributed by atoms with E-state index in [1.165, 1.54) is 17.8 Å². The maximum absolute atomic E-state index is 13.4. The maximum atomic E-state index is 13.4. The second-order valence-electron chi connectivity index (χ2n) is 9.81. The fourth-order valence-electron chi connectivity index (χ4n) is 4.79. The Morgan fingerprint density at radius 1 is 1.02 bits per heavy atom. The van der Waals surface area contributed by atoms with Crippen molar-refractivity contribution < 1.29 is 23.0 Å². The first-order valence-electron chi connectivity index (χ1n) is 13.2. The summed E-state index contributed by atoms with van der Waals surface area (Å²) in [7, 11) is -2.16. The van der Waals surface area contributed by atoms with Gasteiger partial charge in [-0.15, -0.1) is 5.10 Å². The number of nitrogens with zero attached hydrogens (tertiary/aromatic N) is 5. The zero-order valence-electron chi connectivity index (χ0n) is 22.6. The van der Waals surface area contributed by atoms with E-state index in [0.29, 0.717) is 34.1 Å². The van der Waals surface area contributed by atoms with E-state index in [0.717, 1.165) is 16.5 Å². The van der Waals surface area contributed by atoms with E-state index < -0.39 is 16.3 Å². The lowest BCUT2D eigenvalue weighted by Gasteiger charge is -2.36. The number of aromatic nitrogens is 5. The number of tetrazole rings is 1. The summed E-state index contributed by atoms with van der Waals surface area (Å²) >= 11 is 1.49. The number of pyridine rings is 1. The molecule has 11 nitrogen and oxygen atoms in total. The van der Waals surface area contributed by atoms with Crippen LogP contribution < -0.4 is 4.72 Å². The fourth-order valence-corrected chi connectivity index (χ4v) is 6.88. The Balaban J connectivity index is 1.26. The summed E-state index contributed by atoms with van der Waals surface area (Å²) in [5, 5.41) is 22.5. The van der Waals surface area contributed by atoms with Gasteiger partial charge in [-0.1, -0.05) is 66.4 Å². The van der Waals surface area contributed by atoms with Gasteiger partial charge in [-0.3, -0.25) is 9.71 Å². The monoisotopic (exact) mass is 604 g/mol. The van der Waals surface area contributed by atoms with Gasteiger partial charge in [-0.25, -0.2) is 13.1 Å². The molecule has 1 unspecified atom stereocenters. The number of aryl methyl sites for hydroxylation is 1. The first-order chi connectivity index (χ1) is 20.4. The van der Waals surface area contributed by atoms with Gasteiger partial charge in [0.15, 0.2) is 6.29 Å². The van der Waals surface area contributed by atoms with Gasteiger partial charge in [0, 0.05) is 42.1 Å². The molecule has 5 aromatic rings. The molecule has 2 aromatic heterocycles. The van der Waals surface area contributed by atoms with Crippen molar-refractivity contribution in [1.82, 2.24) is 25.2 Å². The number of nitrogens with one attached hydrogen (secondary N) is 1. The highest BCUT2D eigenvalue weighted by Crippen LogP contribution is 2.40. The molecule has 0 spiro atoms. The summed E-state index contributed by atoms with van der Waals surface area (Å²) in [5.74, 6) is 0.583. The van der Waals surface area contributed by atoms with Gasteiger partial charge in [0.1, 0.15) is 4.90 Å². The number of hydrogen-bond acceptors (Lipinski definition) is 10. The topological polar surface area (TPSA) is 141 Å². The number of anilines is 1. The van der Waals surface area contributed by atoms with Crippen LogP contribution in [0.5, 0.6) is 0 Å². The van der Waals surface area contributed by atoms with Crippen molar-refractivity contribution in [2.45, 2.75) is 41.6 Å². The van der Waals surface area contributed by atoms with Crippen LogP contribution in [-0.2, 0) is 33.2 Å². The first kappa shape index (κ1) is 28.2. The molecule has 1 fully saturated rings. The number of thioether (sulfide) groups is 1. The standard InChI is InChI=1S/C29H28N6O5S2/c1-35-29(31-33-34-35)41-18-24-16-25(20-12-10-19(17-36)11-13-20)40-28(39-24)22-6-2-8-23(15-22)32-42(37,38)26-9-3-5-21-7-4-14-30-27(21)26/h2-15,24-25,28,32,36H,16-18H2,1H3/t24-,25+,28?/m0/s1. The number of fused-ring (bicyclic) bond motifs is 1. The Morgan fingerprint density at radius 2 is 1.83 bits per heavy atom. The minimum absolute atomic E-state index is 0.0416. The van der Waals surface area contributed by atoms with Crippen molar-refractivity contribution in [3.8, 4) is 0 Å². The Hall–Kier alpha value is -3.88. The highest BCUT2D eigenvalue weighted by molar-refractivity contribution is 7.99. The molecule has 0 amide bonds. The summed E-state index contributed by atoms with van der Waals surface area (Å²) < 4.78 is 43.9. The minimum atomic E-state index is -3.94. The summed E-state index contributed by atoms with van der Waals surface area (Å²) in [5.41, 5.74) is 3.20. The van der Waals surface area contributed by atoms with Crippen molar-refractivity contribution >= 4 is 38.4 Å². The van der Waals surface area contributed by atoms with Crippen molar-refractivity contribution in [3.05, 3.63) is 102 Å². The molecule has 13 heteroatoms. The Bertz CT molecular complexity index is 1790. The zero-order chi connectivity index (χ0) is 29.1. The number of rotatable bonds is 9. The molecule has 0 saturated carbocycles. The van der Waals surface area contributed by atoms with E-state index in [1.807, 2.05) is 42.5 Å². The van der Waals surface area contributed by atoms with Crippen LogP contribution in [0.2, 0.25) is 0 Å². The number of aliphatic hydroxyl groups excluding tert-OH is 1. The van der Waals surface area contributed by atoms with E-state index in [-0.39, 0.29) is 23.7 Å². The van der Waals surface area contributed by atoms with Crippen LogP contribution in [0.3, 0.4) is 0 Å². The average Bonchev–Trinajstić information content (AvgIpc) is 3.44. The van der Waals surface area contributed by atoms with Crippen LogP contribution in [0, 0.1) is 0 Å². The van der Waals surface area contributed by atoms with Gasteiger partial charge in [0.05, 0.1) is 24.3 Å². The molecule has 0 radical (unpaired) electrons. The quantitative estimate of drug-likeness (QED) is 0.233. The predicted octanol–water partition coefficient (Wildman–Crippen LogP) is 4.39. The van der Waals surface area contributed by atoms with Crippen LogP contribution in [0.15, 0.2) is 95.1 Å². The Kier molecular flexibility index (Phi) is 8.18. The summed E-state index contributed by atoms with van der Waals surface area (Å²) in [4.78, 5) is 4.38. The molecule has 3 atom stereocenters. The van der Waals surface area contributed by atoms with Crippen molar-refractivity contribution in [1.29, 1.82) is 0 Å². The number of sulfonamides is 1. The summed E-state index contributed by atoms with van der Waals surface area (Å²) in [6.07, 6.45) is 0.904. The molecule has 0 bridgehead atoms. The Morgan fingerprint density at radius 3 is 2.62 bits per heavy atom. The van der Waals surface area contributed by atoms with Crippen molar-refractivity contribution in [2.75, 3.05) is 10.5 Å². The molecule has 3 aromatic carbocycles. The van der Waals surface area contributed by atoms with Crippen LogP contribution >= 0.6 is 11.8 Å². The van der Waals surface area contributed by atoms with E-state index >= 15 is 0 Å². The molecule has 2 N–H and O–H groups in total. The lowest BCUT2D eigenvalue weighted by molar-refractivity contribution is -0.245. The summed E-state index contributed by atoms with van der Waals surface area (Å²) in [6.45, 7) is -0.0416. The number of para-hydroxylation sites is 1. The van der Waals surface area contributed by atoms with Crippen LogP contribution in [0.25, 0.3) is 10.9 Å². The second kappa shape index (κ2) is 12.2. The highest BCUT2D eigenvalue weighted by Gasteiger charge is 2.33. The van der Waals surface area contributed by atoms with Gasteiger partial charge in [-0.05, 0) is 45.8 Å². The molecule has 3 heterocycles. The van der Waals surface area contributed by atoms with Gasteiger partial charge in [0.25, 0.3) is 10.0 Å². The lowest BCUT2D eigenvalue weighted by atomic mass is 10.0. The smallest absolute Gasteiger partial charge is 0.264 e. The molecular formula is C29H28N6O5S2. The van der Waals surface area contributed by atoms with Gasteiger partial charge < -0.3 is 14.6 Å². The predicted molar refractivity (Wildman–Crippen MR) is 157 cm³/mol. The van der Waals surface area contributed by atoms with E-state index in [9.17, 15) is 13.5 Å². The van der Waals surface area contributed by atoms with Gasteiger partial charge in [-0.2, -0.15) is 0 Å². The number of benzene rings is 3. The van der Waals surface area contributed by atoms with Gasteiger partial charge in [0.2, 0.25) is 5.16 Å². The number of hydrogen-bond donors (Lipinski definition) is 2. The van der Waals surface area contributed by atoms with Crippen LogP contribution in [-0.4, -0.2) is 50.6 Å². The molecule has 42 heavy (non-hydrogen) atoms. The maximum Gasteiger partial charge on any atom is 0.264 e. The zero-order valence-corrected chi connectivity index (χ0v) is 24.2. The molecule has 1 aliphatic heterocycles. The fraction of sp³-hybridized carbons (Fsp3) is 0.241. The van der Waals surface area contributed by atoms with Crippen LogP contribution in [0.4, 0.5) is 5.69 Å². The number of ether oxygens (including phenoxy) is 2.